The Hall–Kier alpha value is -3.59. The van der Waals surface area contributed by atoms with Gasteiger partial charge in [0.2, 0.25) is 6.79 Å². The molecule has 0 bridgehead atoms. The molecule has 2 aromatic carbocycles. The van der Waals surface area contributed by atoms with Crippen molar-refractivity contribution in [3.05, 3.63) is 59.3 Å². The summed E-state index contributed by atoms with van der Waals surface area (Å²) >= 11 is 1.69. The van der Waals surface area contributed by atoms with E-state index in [1.165, 1.54) is 5.56 Å². The Bertz CT molecular complexity index is 1390. The quantitative estimate of drug-likeness (QED) is 0.476. The van der Waals surface area contributed by atoms with Crippen LogP contribution in [0.2, 0.25) is 0 Å². The molecule has 8 nitrogen and oxygen atoms in total. The lowest BCUT2D eigenvalue weighted by Crippen LogP contribution is -2.44. The molecule has 2 aromatic heterocycles. The van der Waals surface area contributed by atoms with Crippen LogP contribution in [-0.4, -0.2) is 46.6 Å². The molecule has 0 saturated carbocycles. The number of amides is 1. The topological polar surface area (TPSA) is 81.5 Å². The molecule has 4 heterocycles. The Morgan fingerprint density at radius 3 is 2.74 bits per heavy atom. The van der Waals surface area contributed by atoms with Gasteiger partial charge in [-0.3, -0.25) is 4.79 Å². The molecule has 174 valence electrons. The maximum absolute atomic E-state index is 12.7. The molecule has 34 heavy (non-hydrogen) atoms. The molecule has 2 aliphatic rings. The fraction of sp³-hybridized carbons (Fsp3) is 0.320. The average Bonchev–Trinajstić information content (AvgIpc) is 3.55. The van der Waals surface area contributed by atoms with E-state index in [0.717, 1.165) is 52.8 Å². The molecular formula is C25H25N5O3S. The SMILES string of the molecule is Cc1cccc(-n2nc(C)c3sc(N4CCC(NC(=O)c5ccc6c(c5)OCO6)CC4)nc32)c1. The van der Waals surface area contributed by atoms with E-state index in [1.807, 2.05) is 17.7 Å². The normalized spacial score (nSPS) is 15.8. The number of benzene rings is 2. The lowest BCUT2D eigenvalue weighted by molar-refractivity contribution is 0.0930. The first kappa shape index (κ1) is 21.0. The van der Waals surface area contributed by atoms with E-state index in [4.69, 9.17) is 19.6 Å². The van der Waals surface area contributed by atoms with Crippen LogP contribution in [0.3, 0.4) is 0 Å². The number of rotatable bonds is 4. The molecule has 6 rings (SSSR count). The molecular weight excluding hydrogens is 450 g/mol. The van der Waals surface area contributed by atoms with Crippen molar-refractivity contribution in [1.29, 1.82) is 0 Å². The van der Waals surface area contributed by atoms with Crippen LogP contribution < -0.4 is 19.7 Å². The predicted molar refractivity (Wildman–Crippen MR) is 131 cm³/mol. The third-order valence-electron chi connectivity index (χ3n) is 6.36. The van der Waals surface area contributed by atoms with E-state index in [-0.39, 0.29) is 18.7 Å². The molecule has 0 radical (unpaired) electrons. The van der Waals surface area contributed by atoms with Gasteiger partial charge in [0.1, 0.15) is 0 Å². The number of ether oxygens (including phenoxy) is 2. The van der Waals surface area contributed by atoms with Crippen LogP contribution in [0, 0.1) is 13.8 Å². The number of carbonyl (C=O) groups is 1. The Morgan fingerprint density at radius 1 is 1.09 bits per heavy atom. The van der Waals surface area contributed by atoms with E-state index >= 15 is 0 Å². The molecule has 1 saturated heterocycles. The molecule has 0 aliphatic carbocycles. The van der Waals surface area contributed by atoms with Gasteiger partial charge in [-0.05, 0) is 62.6 Å². The summed E-state index contributed by atoms with van der Waals surface area (Å²) in [7, 11) is 0. The number of hydrogen-bond donors (Lipinski definition) is 1. The highest BCUT2D eigenvalue weighted by atomic mass is 32.1. The maximum Gasteiger partial charge on any atom is 0.251 e. The zero-order valence-electron chi connectivity index (χ0n) is 19.1. The molecule has 1 fully saturated rings. The molecule has 0 atom stereocenters. The number of nitrogens with zero attached hydrogens (tertiary/aromatic N) is 4. The number of thiazole rings is 1. The molecule has 2 aliphatic heterocycles. The number of carbonyl (C=O) groups excluding carboxylic acids is 1. The van der Waals surface area contributed by atoms with Gasteiger partial charge in [0.05, 0.1) is 16.1 Å². The maximum atomic E-state index is 12.7. The highest BCUT2D eigenvalue weighted by Gasteiger charge is 2.25. The predicted octanol–water partition coefficient (Wildman–Crippen LogP) is 4.23. The first-order valence-electron chi connectivity index (χ1n) is 11.4. The second-order valence-electron chi connectivity index (χ2n) is 8.79. The number of aryl methyl sites for hydroxylation is 2. The number of piperidine rings is 1. The van der Waals surface area contributed by atoms with Crippen molar-refractivity contribution in [2.24, 2.45) is 0 Å². The largest absolute Gasteiger partial charge is 0.454 e. The van der Waals surface area contributed by atoms with Crippen LogP contribution in [0.4, 0.5) is 5.13 Å². The number of fused-ring (bicyclic) bond motifs is 2. The highest BCUT2D eigenvalue weighted by molar-refractivity contribution is 7.22. The van der Waals surface area contributed by atoms with Crippen LogP contribution in [0.1, 0.15) is 34.5 Å². The summed E-state index contributed by atoms with van der Waals surface area (Å²) in [6.07, 6.45) is 1.74. The lowest BCUT2D eigenvalue weighted by Gasteiger charge is -2.32. The van der Waals surface area contributed by atoms with Crippen molar-refractivity contribution >= 4 is 32.7 Å². The second-order valence-corrected chi connectivity index (χ2v) is 9.77. The fourth-order valence-electron chi connectivity index (χ4n) is 4.52. The molecule has 0 unspecified atom stereocenters. The standard InChI is InChI=1S/C25H25N5O3S/c1-15-4-3-5-19(12-15)30-23-22(16(2)28-30)34-25(27-23)29-10-8-18(9-11-29)26-24(31)17-6-7-20-21(13-17)33-14-32-20/h3-7,12-13,18H,8-11,14H2,1-2H3,(H,26,31). The van der Waals surface area contributed by atoms with Crippen molar-refractivity contribution < 1.29 is 14.3 Å². The monoisotopic (exact) mass is 475 g/mol. The second kappa shape index (κ2) is 8.32. The minimum Gasteiger partial charge on any atom is -0.454 e. The van der Waals surface area contributed by atoms with Crippen LogP contribution in [0.15, 0.2) is 42.5 Å². The van der Waals surface area contributed by atoms with Gasteiger partial charge >= 0.3 is 0 Å². The van der Waals surface area contributed by atoms with Gasteiger partial charge in [-0.25, -0.2) is 4.68 Å². The number of anilines is 1. The van der Waals surface area contributed by atoms with Gasteiger partial charge in [0.25, 0.3) is 5.91 Å². The zero-order chi connectivity index (χ0) is 23.2. The first-order chi connectivity index (χ1) is 16.5. The van der Waals surface area contributed by atoms with Gasteiger partial charge < -0.3 is 19.7 Å². The Kier molecular flexibility index (Phi) is 5.13. The summed E-state index contributed by atoms with van der Waals surface area (Å²) < 4.78 is 13.8. The van der Waals surface area contributed by atoms with Crippen molar-refractivity contribution in [2.75, 3.05) is 24.8 Å². The van der Waals surface area contributed by atoms with Crippen LogP contribution in [0.25, 0.3) is 16.0 Å². The molecule has 4 aromatic rings. The van der Waals surface area contributed by atoms with Gasteiger partial charge in [-0.1, -0.05) is 23.5 Å². The Balaban J connectivity index is 1.14. The van der Waals surface area contributed by atoms with Crippen molar-refractivity contribution in [3.8, 4) is 17.2 Å². The minimum absolute atomic E-state index is 0.0781. The first-order valence-corrected chi connectivity index (χ1v) is 12.3. The summed E-state index contributed by atoms with van der Waals surface area (Å²) in [4.78, 5) is 20.0. The fourth-order valence-corrected chi connectivity index (χ4v) is 5.56. The van der Waals surface area contributed by atoms with E-state index in [2.05, 4.69) is 35.3 Å². The summed E-state index contributed by atoms with van der Waals surface area (Å²) in [5.74, 6) is 1.23. The third-order valence-corrected chi connectivity index (χ3v) is 7.57. The van der Waals surface area contributed by atoms with Crippen molar-refractivity contribution in [3.63, 3.8) is 0 Å². The van der Waals surface area contributed by atoms with E-state index in [9.17, 15) is 4.79 Å². The Labute approximate surface area is 201 Å². The molecule has 0 spiro atoms. The summed E-state index contributed by atoms with van der Waals surface area (Å²) in [5.41, 5.74) is 4.71. The Morgan fingerprint density at radius 2 is 1.91 bits per heavy atom. The summed E-state index contributed by atoms with van der Waals surface area (Å²) in [6.45, 7) is 6.01. The van der Waals surface area contributed by atoms with Crippen molar-refractivity contribution in [2.45, 2.75) is 32.7 Å². The van der Waals surface area contributed by atoms with Gasteiger partial charge in [-0.2, -0.15) is 10.1 Å². The van der Waals surface area contributed by atoms with Gasteiger partial charge in [0.15, 0.2) is 22.3 Å². The average molecular weight is 476 g/mol. The van der Waals surface area contributed by atoms with E-state index in [0.29, 0.717) is 17.1 Å². The lowest BCUT2D eigenvalue weighted by atomic mass is 10.0. The van der Waals surface area contributed by atoms with Gasteiger partial charge in [0, 0.05) is 24.7 Å². The van der Waals surface area contributed by atoms with Gasteiger partial charge in [-0.15, -0.1) is 0 Å². The highest BCUT2D eigenvalue weighted by Crippen LogP contribution is 2.34. The number of hydrogen-bond acceptors (Lipinski definition) is 7. The minimum atomic E-state index is -0.0781. The summed E-state index contributed by atoms with van der Waals surface area (Å²) in [6, 6.07) is 13.8. The smallest absolute Gasteiger partial charge is 0.251 e. The molecule has 9 heteroatoms. The van der Waals surface area contributed by atoms with Crippen molar-refractivity contribution in [1.82, 2.24) is 20.1 Å². The number of aromatic nitrogens is 3. The van der Waals surface area contributed by atoms with Crippen LogP contribution in [-0.2, 0) is 0 Å². The third kappa shape index (κ3) is 3.75. The van der Waals surface area contributed by atoms with E-state index < -0.39 is 0 Å². The summed E-state index contributed by atoms with van der Waals surface area (Å²) in [5, 5.41) is 8.91. The van der Waals surface area contributed by atoms with Crippen LogP contribution >= 0.6 is 11.3 Å². The molecule has 1 N–H and O–H groups in total. The number of nitrogens with one attached hydrogen (secondary N) is 1. The zero-order valence-corrected chi connectivity index (χ0v) is 19.9. The molecule has 1 amide bonds. The van der Waals surface area contributed by atoms with Crippen LogP contribution in [0.5, 0.6) is 11.5 Å². The van der Waals surface area contributed by atoms with E-state index in [1.54, 1.807) is 29.5 Å².